The second kappa shape index (κ2) is 9.77. The topological polar surface area (TPSA) is 62.3 Å². The molecule has 0 saturated carbocycles. The minimum absolute atomic E-state index is 0.0562. The SMILES string of the molecule is CCN1C(=O)N2CC3=C(C(C)C=C2C12CCN(C(=O)Cc1ccccc1)CC2)C(OC)CC(OC)=C3. The first-order chi connectivity index (χ1) is 17.4. The van der Waals surface area contributed by atoms with Crippen LogP contribution in [0, 0.1) is 5.92 Å². The Morgan fingerprint density at radius 2 is 1.86 bits per heavy atom. The summed E-state index contributed by atoms with van der Waals surface area (Å²) in [5, 5.41) is 0. The van der Waals surface area contributed by atoms with Crippen LogP contribution in [0.2, 0.25) is 0 Å². The number of likely N-dealkylation sites (N-methyl/N-ethyl adjacent to an activating group) is 1. The van der Waals surface area contributed by atoms with Gasteiger partial charge < -0.3 is 19.3 Å². The molecule has 2 atom stereocenters. The van der Waals surface area contributed by atoms with E-state index in [1.54, 1.807) is 14.2 Å². The van der Waals surface area contributed by atoms with Crippen molar-refractivity contribution >= 4 is 11.9 Å². The lowest BCUT2D eigenvalue weighted by Gasteiger charge is -2.44. The molecule has 1 aliphatic carbocycles. The van der Waals surface area contributed by atoms with Crippen molar-refractivity contribution in [2.75, 3.05) is 40.4 Å². The van der Waals surface area contributed by atoms with Crippen molar-refractivity contribution in [1.29, 1.82) is 0 Å². The summed E-state index contributed by atoms with van der Waals surface area (Å²) in [4.78, 5) is 32.8. The Kier molecular flexibility index (Phi) is 6.68. The van der Waals surface area contributed by atoms with Gasteiger partial charge in [0, 0.05) is 44.8 Å². The molecule has 2 saturated heterocycles. The van der Waals surface area contributed by atoms with E-state index in [1.165, 1.54) is 5.57 Å². The molecule has 1 aromatic carbocycles. The van der Waals surface area contributed by atoms with Crippen LogP contribution < -0.4 is 0 Å². The molecule has 2 unspecified atom stereocenters. The van der Waals surface area contributed by atoms with E-state index in [0.717, 1.165) is 35.4 Å². The van der Waals surface area contributed by atoms with Gasteiger partial charge >= 0.3 is 6.03 Å². The lowest BCUT2D eigenvalue weighted by atomic mass is 9.80. The van der Waals surface area contributed by atoms with E-state index >= 15 is 0 Å². The van der Waals surface area contributed by atoms with E-state index < -0.39 is 0 Å². The van der Waals surface area contributed by atoms with E-state index in [1.807, 2.05) is 45.0 Å². The maximum atomic E-state index is 13.8. The molecule has 1 aromatic rings. The predicted molar refractivity (Wildman–Crippen MR) is 138 cm³/mol. The largest absolute Gasteiger partial charge is 0.501 e. The number of urea groups is 1. The molecule has 3 heterocycles. The molecule has 0 N–H and O–H groups in total. The number of fused-ring (bicyclic) bond motifs is 2. The van der Waals surface area contributed by atoms with Gasteiger partial charge in [-0.2, -0.15) is 0 Å². The van der Waals surface area contributed by atoms with E-state index in [4.69, 9.17) is 9.47 Å². The van der Waals surface area contributed by atoms with E-state index in [2.05, 4.69) is 26.0 Å². The minimum atomic E-state index is -0.380. The van der Waals surface area contributed by atoms with Crippen molar-refractivity contribution in [3.05, 3.63) is 70.6 Å². The maximum Gasteiger partial charge on any atom is 0.325 e. The summed E-state index contributed by atoms with van der Waals surface area (Å²) >= 11 is 0. The quantitative estimate of drug-likeness (QED) is 0.622. The molecule has 36 heavy (non-hydrogen) atoms. The van der Waals surface area contributed by atoms with Crippen LogP contribution in [0.3, 0.4) is 0 Å². The minimum Gasteiger partial charge on any atom is -0.501 e. The number of likely N-dealkylation sites (tertiary alicyclic amines) is 1. The number of hydrogen-bond donors (Lipinski definition) is 0. The Balaban J connectivity index is 1.42. The normalized spacial score (nSPS) is 25.3. The van der Waals surface area contributed by atoms with Crippen LogP contribution in [-0.2, 0) is 20.7 Å². The van der Waals surface area contributed by atoms with Crippen molar-refractivity contribution in [3.63, 3.8) is 0 Å². The van der Waals surface area contributed by atoms with Crippen molar-refractivity contribution in [2.24, 2.45) is 5.92 Å². The summed E-state index contributed by atoms with van der Waals surface area (Å²) in [7, 11) is 3.43. The standard InChI is InChI=1S/C29H37N3O4/c1-5-32-28(34)31-19-22-17-23(35-3)18-24(36-4)27(22)20(2)15-25(31)29(32)11-13-30(14-12-29)26(33)16-21-9-7-6-8-10-21/h6-10,15,17,20,24H,5,11-14,16,18-19H2,1-4H3. The Bertz CT molecular complexity index is 1110. The third-order valence-electron chi connectivity index (χ3n) is 8.42. The number of carbonyl (C=O) groups is 2. The first-order valence-electron chi connectivity index (χ1n) is 13.0. The van der Waals surface area contributed by atoms with Crippen LogP contribution in [-0.4, -0.2) is 78.7 Å². The van der Waals surface area contributed by atoms with E-state index in [9.17, 15) is 9.59 Å². The smallest absolute Gasteiger partial charge is 0.325 e. The van der Waals surface area contributed by atoms with Gasteiger partial charge in [0.2, 0.25) is 5.91 Å². The highest BCUT2D eigenvalue weighted by Crippen LogP contribution is 2.47. The molecule has 1 spiro atoms. The molecule has 0 aromatic heterocycles. The fourth-order valence-electron chi connectivity index (χ4n) is 6.60. The predicted octanol–water partition coefficient (Wildman–Crippen LogP) is 4.13. The summed E-state index contributed by atoms with van der Waals surface area (Å²) in [5.41, 5.74) is 4.10. The van der Waals surface area contributed by atoms with Crippen LogP contribution in [0.4, 0.5) is 4.79 Å². The highest BCUT2D eigenvalue weighted by Gasteiger charge is 2.55. The fourth-order valence-corrected chi connectivity index (χ4v) is 6.60. The summed E-state index contributed by atoms with van der Waals surface area (Å²) in [6.45, 7) is 6.72. The molecule has 7 nitrogen and oxygen atoms in total. The van der Waals surface area contributed by atoms with Crippen LogP contribution >= 0.6 is 0 Å². The molecule has 0 bridgehead atoms. The monoisotopic (exact) mass is 491 g/mol. The third kappa shape index (κ3) is 4.03. The molecule has 0 radical (unpaired) electrons. The first kappa shape index (κ1) is 24.6. The lowest BCUT2D eigenvalue weighted by Crippen LogP contribution is -2.54. The summed E-state index contributed by atoms with van der Waals surface area (Å²) in [5.74, 6) is 1.18. The average molecular weight is 492 g/mol. The number of amides is 3. The molecule has 3 amide bonds. The van der Waals surface area contributed by atoms with Gasteiger partial charge in [-0.05, 0) is 42.6 Å². The Morgan fingerprint density at radius 1 is 1.14 bits per heavy atom. The number of ether oxygens (including phenoxy) is 2. The number of allylic oxidation sites excluding steroid dienone is 1. The van der Waals surface area contributed by atoms with Crippen LogP contribution in [0.25, 0.3) is 0 Å². The number of methoxy groups -OCH3 is 2. The van der Waals surface area contributed by atoms with Crippen LogP contribution in [0.15, 0.2) is 65.1 Å². The zero-order chi connectivity index (χ0) is 25.4. The number of hydrogen-bond acceptors (Lipinski definition) is 4. The number of rotatable bonds is 5. The van der Waals surface area contributed by atoms with Crippen molar-refractivity contribution in [3.8, 4) is 0 Å². The molecule has 192 valence electrons. The fraction of sp³-hybridized carbons (Fsp3) is 0.517. The van der Waals surface area contributed by atoms with Crippen molar-refractivity contribution < 1.29 is 19.1 Å². The van der Waals surface area contributed by atoms with Gasteiger partial charge in [-0.1, -0.05) is 43.3 Å². The Labute approximate surface area is 214 Å². The van der Waals surface area contributed by atoms with Crippen molar-refractivity contribution in [2.45, 2.75) is 51.2 Å². The second-order valence-corrected chi connectivity index (χ2v) is 10.3. The molecular weight excluding hydrogens is 454 g/mol. The molecule has 4 aliphatic rings. The number of nitrogens with zero attached hydrogens (tertiary/aromatic N) is 3. The molecule has 7 heteroatoms. The maximum absolute atomic E-state index is 13.8. The second-order valence-electron chi connectivity index (χ2n) is 10.3. The highest BCUT2D eigenvalue weighted by molar-refractivity contribution is 5.84. The van der Waals surface area contributed by atoms with Gasteiger partial charge in [0.25, 0.3) is 0 Å². The Hall–Kier alpha value is -3.06. The van der Waals surface area contributed by atoms with Crippen LogP contribution in [0.1, 0.15) is 38.7 Å². The highest BCUT2D eigenvalue weighted by atomic mass is 16.5. The lowest BCUT2D eigenvalue weighted by molar-refractivity contribution is -0.132. The molecule has 2 fully saturated rings. The van der Waals surface area contributed by atoms with E-state index in [0.29, 0.717) is 39.0 Å². The average Bonchev–Trinajstić information content (AvgIpc) is 3.00. The summed E-state index contributed by atoms with van der Waals surface area (Å²) in [6.07, 6.45) is 6.95. The summed E-state index contributed by atoms with van der Waals surface area (Å²) in [6, 6.07) is 9.96. The van der Waals surface area contributed by atoms with Gasteiger partial charge in [-0.15, -0.1) is 0 Å². The first-order valence-corrected chi connectivity index (χ1v) is 13.0. The molecule has 3 aliphatic heterocycles. The van der Waals surface area contributed by atoms with Crippen LogP contribution in [0.5, 0.6) is 0 Å². The van der Waals surface area contributed by atoms with E-state index in [-0.39, 0.29) is 29.5 Å². The third-order valence-corrected chi connectivity index (χ3v) is 8.42. The Morgan fingerprint density at radius 3 is 2.50 bits per heavy atom. The van der Waals surface area contributed by atoms with Gasteiger partial charge in [0.15, 0.2) is 0 Å². The van der Waals surface area contributed by atoms with Gasteiger partial charge in [0.1, 0.15) is 0 Å². The van der Waals surface area contributed by atoms with Crippen molar-refractivity contribution in [1.82, 2.24) is 14.7 Å². The summed E-state index contributed by atoms with van der Waals surface area (Å²) < 4.78 is 11.5. The number of carbonyl (C=O) groups excluding carboxylic acids is 2. The van der Waals surface area contributed by atoms with Gasteiger partial charge in [0.05, 0.1) is 37.5 Å². The molecule has 5 rings (SSSR count). The zero-order valence-corrected chi connectivity index (χ0v) is 21.8. The zero-order valence-electron chi connectivity index (χ0n) is 21.8. The number of benzene rings is 1. The van der Waals surface area contributed by atoms with Gasteiger partial charge in [-0.3, -0.25) is 9.69 Å². The van der Waals surface area contributed by atoms with Gasteiger partial charge in [-0.25, -0.2) is 4.79 Å². The molecular formula is C29H37N3O4. The number of piperidine rings is 1.